The molecular formula is C10H11BrFN. The van der Waals surface area contributed by atoms with Gasteiger partial charge in [-0.3, -0.25) is 0 Å². The molecule has 1 aliphatic rings. The van der Waals surface area contributed by atoms with E-state index in [4.69, 9.17) is 15.1 Å². The number of hydrogen-bond donors (Lipinski definition) is 0. The van der Waals surface area contributed by atoms with E-state index < -0.39 is 59.8 Å². The van der Waals surface area contributed by atoms with Crippen molar-refractivity contribution in [3.63, 3.8) is 0 Å². The van der Waals surface area contributed by atoms with Crippen molar-refractivity contribution in [2.45, 2.75) is 12.7 Å². The molecule has 1 aromatic rings. The van der Waals surface area contributed by atoms with Crippen LogP contribution in [0, 0.1) is 5.82 Å². The highest BCUT2D eigenvalue weighted by atomic mass is 79.9. The summed E-state index contributed by atoms with van der Waals surface area (Å²) >= 11 is 2.74. The molecule has 0 atom stereocenters. The summed E-state index contributed by atoms with van der Waals surface area (Å²) in [5.74, 6) is -1.47. The van der Waals surface area contributed by atoms with Crippen LogP contribution < -0.4 is 4.90 Å². The first kappa shape index (κ1) is 2.72. The predicted octanol–water partition coefficient (Wildman–Crippen LogP) is 3.19. The van der Waals surface area contributed by atoms with Gasteiger partial charge in [-0.05, 0) is 30.9 Å². The minimum atomic E-state index is -3.37. The van der Waals surface area contributed by atoms with E-state index >= 15 is 0 Å². The van der Waals surface area contributed by atoms with Crippen LogP contribution in [0.2, 0.25) is 0 Å². The average molecular weight is 255 g/mol. The van der Waals surface area contributed by atoms with E-state index in [0.29, 0.717) is 0 Å². The Morgan fingerprint density at radius 2 is 2.08 bits per heavy atom. The SMILES string of the molecule is [2H]c1c(F)c([2H])c(N2C([2H])([2H])C([2H])([2H])C([2H])([2H])C2([2H])[2H])c([2H])c1Br. The van der Waals surface area contributed by atoms with Gasteiger partial charge in [0.15, 0.2) is 0 Å². The van der Waals surface area contributed by atoms with Gasteiger partial charge < -0.3 is 4.90 Å². The minimum absolute atomic E-state index is 0.0576. The molecule has 0 unspecified atom stereocenters. The Hall–Kier alpha value is -0.570. The molecule has 1 saturated heterocycles. The normalized spacial score (nSPS) is 44.5. The van der Waals surface area contributed by atoms with Crippen LogP contribution in [-0.2, 0) is 0 Å². The van der Waals surface area contributed by atoms with Crippen LogP contribution in [0.5, 0.6) is 0 Å². The summed E-state index contributed by atoms with van der Waals surface area (Å²) in [6.45, 7) is -6.66. The maximum absolute atomic E-state index is 14.0. The van der Waals surface area contributed by atoms with Gasteiger partial charge in [0.25, 0.3) is 0 Å². The Labute approximate surface area is 101 Å². The zero-order valence-corrected chi connectivity index (χ0v) is 7.79. The van der Waals surface area contributed by atoms with Crippen LogP contribution in [0.4, 0.5) is 10.1 Å². The molecule has 13 heavy (non-hydrogen) atoms. The molecule has 2 rings (SSSR count). The maximum Gasteiger partial charge on any atom is 0.126 e. The van der Waals surface area contributed by atoms with Crippen LogP contribution in [0.25, 0.3) is 0 Å². The van der Waals surface area contributed by atoms with Crippen molar-refractivity contribution in [2.24, 2.45) is 0 Å². The monoisotopic (exact) mass is 254 g/mol. The van der Waals surface area contributed by atoms with Crippen molar-refractivity contribution in [3.05, 3.63) is 28.4 Å². The van der Waals surface area contributed by atoms with Crippen LogP contribution >= 0.6 is 15.9 Å². The van der Waals surface area contributed by atoms with E-state index in [0.717, 1.165) is 0 Å². The minimum Gasteiger partial charge on any atom is -0.371 e. The van der Waals surface area contributed by atoms with Crippen molar-refractivity contribution in [3.8, 4) is 0 Å². The molecule has 1 nitrogen and oxygen atoms in total. The second-order valence-corrected chi connectivity index (χ2v) is 2.95. The predicted molar refractivity (Wildman–Crippen MR) is 55.5 cm³/mol. The second-order valence-electron chi connectivity index (χ2n) is 2.16. The molecule has 1 aromatic carbocycles. The summed E-state index contributed by atoms with van der Waals surface area (Å²) < 4.78 is 98.8. The fourth-order valence-corrected chi connectivity index (χ4v) is 1.18. The van der Waals surface area contributed by atoms with Gasteiger partial charge in [-0.15, -0.1) is 0 Å². The van der Waals surface area contributed by atoms with Gasteiger partial charge in [0.05, 0.1) is 4.11 Å². The molecule has 1 aliphatic heterocycles. The Bertz CT molecular complexity index is 664. The number of halogens is 2. The van der Waals surface area contributed by atoms with Gasteiger partial charge in [-0.25, -0.2) is 4.39 Å². The quantitative estimate of drug-likeness (QED) is 0.745. The third-order valence-corrected chi connectivity index (χ3v) is 1.69. The number of rotatable bonds is 1. The third kappa shape index (κ3) is 2.02. The molecule has 0 saturated carbocycles. The summed E-state index contributed by atoms with van der Waals surface area (Å²) in [6, 6.07) is -2.86. The third-order valence-electron chi connectivity index (χ3n) is 1.30. The van der Waals surface area contributed by atoms with Crippen LogP contribution in [-0.4, -0.2) is 13.0 Å². The average Bonchev–Trinajstić information content (AvgIpc) is 2.52. The molecule has 3 heteroatoms. The Balaban J connectivity index is 2.92. The van der Waals surface area contributed by atoms with Crippen LogP contribution in [0.15, 0.2) is 22.6 Å². The highest BCUT2D eigenvalue weighted by molar-refractivity contribution is 9.10. The fraction of sp³-hybridized carbons (Fsp3) is 0.400. The summed E-state index contributed by atoms with van der Waals surface area (Å²) in [4.78, 5) is -0.0576. The van der Waals surface area contributed by atoms with Gasteiger partial charge in [0.2, 0.25) is 0 Å². The van der Waals surface area contributed by atoms with Gasteiger partial charge in [-0.2, -0.15) is 0 Å². The zero-order valence-electron chi connectivity index (χ0n) is 17.2. The molecule has 0 aromatic heterocycles. The highest BCUT2D eigenvalue weighted by Gasteiger charge is 2.13. The Morgan fingerprint density at radius 1 is 1.38 bits per heavy atom. The number of hydrogen-bond acceptors (Lipinski definition) is 1. The first-order valence-corrected chi connectivity index (χ1v) is 4.09. The van der Waals surface area contributed by atoms with E-state index in [9.17, 15) is 4.39 Å². The molecule has 0 N–H and O–H groups in total. The number of nitrogens with zero attached hydrogens (tertiary/aromatic N) is 1. The van der Waals surface area contributed by atoms with Crippen molar-refractivity contribution >= 4 is 21.6 Å². The van der Waals surface area contributed by atoms with Gasteiger partial charge in [-0.1, -0.05) is 15.9 Å². The lowest BCUT2D eigenvalue weighted by Crippen LogP contribution is -2.17. The molecule has 1 fully saturated rings. The molecule has 1 heterocycles. The molecule has 0 amide bonds. The van der Waals surface area contributed by atoms with Crippen molar-refractivity contribution in [1.82, 2.24) is 0 Å². The van der Waals surface area contributed by atoms with Gasteiger partial charge in [0.1, 0.15) is 5.82 Å². The lowest BCUT2D eigenvalue weighted by Gasteiger charge is -2.17. The first-order chi connectivity index (χ1) is 10.5. The Kier molecular flexibility index (Phi) is 0.766. The summed E-state index contributed by atoms with van der Waals surface area (Å²) in [7, 11) is 0. The number of anilines is 1. The molecule has 0 bridgehead atoms. The lowest BCUT2D eigenvalue weighted by atomic mass is 10.3. The summed E-state index contributed by atoms with van der Waals surface area (Å²) in [5, 5.41) is 0. The lowest BCUT2D eigenvalue weighted by molar-refractivity contribution is 0.626. The van der Waals surface area contributed by atoms with E-state index in [-0.39, 0.29) is 4.90 Å². The van der Waals surface area contributed by atoms with Crippen molar-refractivity contribution < 1.29 is 19.5 Å². The smallest absolute Gasteiger partial charge is 0.126 e. The largest absolute Gasteiger partial charge is 0.371 e. The molecule has 70 valence electrons. The first-order valence-electron chi connectivity index (χ1n) is 8.80. The molecule has 0 aliphatic carbocycles. The molecule has 0 radical (unpaired) electrons. The maximum atomic E-state index is 14.0. The standard InChI is InChI=1S/C10H11BrFN/c11-8-5-9(12)7-10(6-8)13-3-1-2-4-13/h5-7H,1-4H2/i1D2,2D2,3D2,4D2,5D,6D,7D. The second kappa shape index (κ2) is 3.66. The van der Waals surface area contributed by atoms with E-state index in [1.54, 1.807) is 0 Å². The van der Waals surface area contributed by atoms with Gasteiger partial charge >= 0.3 is 0 Å². The Morgan fingerprint density at radius 3 is 2.77 bits per heavy atom. The van der Waals surface area contributed by atoms with Crippen molar-refractivity contribution in [2.75, 3.05) is 17.9 Å². The van der Waals surface area contributed by atoms with Crippen LogP contribution in [0.3, 0.4) is 0 Å². The topological polar surface area (TPSA) is 3.24 Å². The number of benzene rings is 1. The summed E-state index contributed by atoms with van der Waals surface area (Å²) in [6.07, 6.45) is -6.74. The van der Waals surface area contributed by atoms with Gasteiger partial charge in [0, 0.05) is 34.1 Å². The fourth-order valence-electron chi connectivity index (χ4n) is 0.817. The van der Waals surface area contributed by atoms with Crippen LogP contribution in [0.1, 0.15) is 27.8 Å². The summed E-state index contributed by atoms with van der Waals surface area (Å²) in [5.41, 5.74) is -0.976. The van der Waals surface area contributed by atoms with E-state index in [2.05, 4.69) is 15.9 Å². The van der Waals surface area contributed by atoms with E-state index in [1.807, 2.05) is 0 Å². The van der Waals surface area contributed by atoms with E-state index in [1.165, 1.54) is 0 Å². The zero-order chi connectivity index (χ0) is 19.0. The molecular weight excluding hydrogens is 233 g/mol. The molecule has 0 spiro atoms. The van der Waals surface area contributed by atoms with Crippen molar-refractivity contribution in [1.29, 1.82) is 0 Å². The highest BCUT2D eigenvalue weighted by Crippen LogP contribution is 2.24.